The SMILES string of the molecule is Clc1ccc(CCC(Cn2ccnc2)Sc2ccccc2Cl)c(Cl)c1. The Labute approximate surface area is 167 Å². The van der Waals surface area contributed by atoms with E-state index in [0.717, 1.165) is 39.9 Å². The van der Waals surface area contributed by atoms with Crippen LogP contribution in [-0.4, -0.2) is 14.8 Å². The fraction of sp³-hybridized carbons (Fsp3) is 0.211. The minimum Gasteiger partial charge on any atom is -0.336 e. The molecule has 6 heteroatoms. The summed E-state index contributed by atoms with van der Waals surface area (Å²) in [6, 6.07) is 13.6. The molecule has 0 bridgehead atoms. The predicted molar refractivity (Wildman–Crippen MR) is 108 cm³/mol. The third kappa shape index (κ3) is 5.42. The van der Waals surface area contributed by atoms with E-state index in [1.807, 2.05) is 42.9 Å². The van der Waals surface area contributed by atoms with Crippen LogP contribution >= 0.6 is 46.6 Å². The van der Waals surface area contributed by atoms with Gasteiger partial charge < -0.3 is 4.57 Å². The highest BCUT2D eigenvalue weighted by molar-refractivity contribution is 8.00. The predicted octanol–water partition coefficient (Wildman–Crippen LogP) is 6.64. The number of nitrogens with zero attached hydrogens (tertiary/aromatic N) is 2. The highest BCUT2D eigenvalue weighted by Gasteiger charge is 2.14. The Morgan fingerprint density at radius 2 is 1.88 bits per heavy atom. The Bertz CT molecular complexity index is 821. The first-order chi connectivity index (χ1) is 12.1. The van der Waals surface area contributed by atoms with Crippen molar-refractivity contribution >= 4 is 46.6 Å². The lowest BCUT2D eigenvalue weighted by Crippen LogP contribution is -2.13. The first-order valence-corrected chi connectivity index (χ1v) is 9.94. The molecule has 3 aromatic rings. The van der Waals surface area contributed by atoms with Gasteiger partial charge in [0.25, 0.3) is 0 Å². The number of aryl methyl sites for hydroxylation is 1. The number of thioether (sulfide) groups is 1. The molecule has 3 rings (SSSR count). The molecule has 0 aliphatic heterocycles. The van der Waals surface area contributed by atoms with E-state index < -0.39 is 0 Å². The maximum Gasteiger partial charge on any atom is 0.0946 e. The molecule has 25 heavy (non-hydrogen) atoms. The van der Waals surface area contributed by atoms with Crippen molar-refractivity contribution in [2.75, 3.05) is 0 Å². The molecule has 0 saturated carbocycles. The molecule has 0 N–H and O–H groups in total. The number of benzene rings is 2. The van der Waals surface area contributed by atoms with Crippen LogP contribution in [0.3, 0.4) is 0 Å². The van der Waals surface area contributed by atoms with Crippen molar-refractivity contribution in [3.63, 3.8) is 0 Å². The van der Waals surface area contributed by atoms with E-state index in [1.165, 1.54) is 0 Å². The molecular weight excluding hydrogens is 395 g/mol. The molecule has 0 spiro atoms. The molecule has 0 amide bonds. The number of halogens is 3. The van der Waals surface area contributed by atoms with Gasteiger partial charge in [0.1, 0.15) is 0 Å². The molecule has 2 aromatic carbocycles. The van der Waals surface area contributed by atoms with E-state index in [1.54, 1.807) is 24.0 Å². The van der Waals surface area contributed by atoms with Crippen molar-refractivity contribution in [2.45, 2.75) is 29.5 Å². The lowest BCUT2D eigenvalue weighted by molar-refractivity contribution is 0.624. The average Bonchev–Trinajstić information content (AvgIpc) is 3.09. The Balaban J connectivity index is 1.72. The van der Waals surface area contributed by atoms with E-state index in [0.29, 0.717) is 10.3 Å². The fourth-order valence-corrected chi connectivity index (χ4v) is 4.53. The molecule has 0 saturated heterocycles. The molecule has 0 aliphatic carbocycles. The van der Waals surface area contributed by atoms with Gasteiger partial charge in [-0.05, 0) is 42.7 Å². The lowest BCUT2D eigenvalue weighted by atomic mass is 10.1. The number of aromatic nitrogens is 2. The Morgan fingerprint density at radius 1 is 1.04 bits per heavy atom. The van der Waals surface area contributed by atoms with Crippen LogP contribution in [0.5, 0.6) is 0 Å². The van der Waals surface area contributed by atoms with Crippen LogP contribution in [0.25, 0.3) is 0 Å². The number of hydrogen-bond acceptors (Lipinski definition) is 2. The summed E-state index contributed by atoms with van der Waals surface area (Å²) in [6.45, 7) is 0.862. The maximum absolute atomic E-state index is 6.33. The quantitative estimate of drug-likeness (QED) is 0.406. The summed E-state index contributed by atoms with van der Waals surface area (Å²) < 4.78 is 2.10. The Morgan fingerprint density at radius 3 is 2.60 bits per heavy atom. The van der Waals surface area contributed by atoms with Crippen molar-refractivity contribution in [1.29, 1.82) is 0 Å². The van der Waals surface area contributed by atoms with E-state index in [-0.39, 0.29) is 0 Å². The zero-order chi connectivity index (χ0) is 17.6. The molecule has 0 aliphatic rings. The summed E-state index contributed by atoms with van der Waals surface area (Å²) in [4.78, 5) is 5.23. The summed E-state index contributed by atoms with van der Waals surface area (Å²) >= 11 is 20.4. The van der Waals surface area contributed by atoms with Crippen molar-refractivity contribution in [1.82, 2.24) is 9.55 Å². The lowest BCUT2D eigenvalue weighted by Gasteiger charge is -2.18. The summed E-state index contributed by atoms with van der Waals surface area (Å²) in [7, 11) is 0. The van der Waals surface area contributed by atoms with Crippen molar-refractivity contribution in [2.24, 2.45) is 0 Å². The van der Waals surface area contributed by atoms with Crippen LogP contribution in [0.4, 0.5) is 0 Å². The minimum absolute atomic E-state index is 0.348. The summed E-state index contributed by atoms with van der Waals surface area (Å²) in [5.41, 5.74) is 1.11. The number of hydrogen-bond donors (Lipinski definition) is 0. The van der Waals surface area contributed by atoms with Crippen molar-refractivity contribution in [3.8, 4) is 0 Å². The van der Waals surface area contributed by atoms with Gasteiger partial charge in [-0.3, -0.25) is 0 Å². The molecule has 1 aromatic heterocycles. The molecule has 0 radical (unpaired) electrons. The summed E-state index contributed by atoms with van der Waals surface area (Å²) in [5, 5.41) is 2.51. The second-order valence-corrected chi connectivity index (χ2v) is 8.30. The molecule has 2 nitrogen and oxygen atoms in total. The number of imidazole rings is 1. The average molecular weight is 412 g/mol. The number of rotatable bonds is 7. The smallest absolute Gasteiger partial charge is 0.0946 e. The maximum atomic E-state index is 6.33. The highest BCUT2D eigenvalue weighted by atomic mass is 35.5. The third-order valence-electron chi connectivity index (χ3n) is 3.85. The highest BCUT2D eigenvalue weighted by Crippen LogP contribution is 2.33. The summed E-state index contributed by atoms with van der Waals surface area (Å²) in [6.07, 6.45) is 7.47. The van der Waals surface area contributed by atoms with E-state index >= 15 is 0 Å². The van der Waals surface area contributed by atoms with Gasteiger partial charge in [-0.25, -0.2) is 4.98 Å². The Hall–Kier alpha value is -1.13. The van der Waals surface area contributed by atoms with Gasteiger partial charge in [-0.2, -0.15) is 0 Å². The topological polar surface area (TPSA) is 17.8 Å². The molecule has 1 unspecified atom stereocenters. The second-order valence-electron chi connectivity index (χ2n) is 5.70. The second kappa shape index (κ2) is 9.00. The normalized spacial score (nSPS) is 12.3. The van der Waals surface area contributed by atoms with Crippen molar-refractivity contribution in [3.05, 3.63) is 81.8 Å². The largest absolute Gasteiger partial charge is 0.336 e. The summed E-state index contributed by atoms with van der Waals surface area (Å²) in [5.74, 6) is 0. The minimum atomic E-state index is 0.348. The first-order valence-electron chi connectivity index (χ1n) is 7.92. The molecule has 1 heterocycles. The van der Waals surface area contributed by atoms with Crippen LogP contribution in [0.15, 0.2) is 66.1 Å². The van der Waals surface area contributed by atoms with Crippen LogP contribution in [0.2, 0.25) is 15.1 Å². The van der Waals surface area contributed by atoms with Gasteiger partial charge >= 0.3 is 0 Å². The molecule has 130 valence electrons. The van der Waals surface area contributed by atoms with Crippen LogP contribution in [0, 0.1) is 0 Å². The van der Waals surface area contributed by atoms with Gasteiger partial charge in [0, 0.05) is 39.1 Å². The van der Waals surface area contributed by atoms with Gasteiger partial charge in [-0.15, -0.1) is 11.8 Å². The van der Waals surface area contributed by atoms with Crippen LogP contribution < -0.4 is 0 Å². The van der Waals surface area contributed by atoms with E-state index in [9.17, 15) is 0 Å². The van der Waals surface area contributed by atoms with E-state index in [4.69, 9.17) is 34.8 Å². The van der Waals surface area contributed by atoms with Gasteiger partial charge in [0.05, 0.1) is 11.3 Å². The van der Waals surface area contributed by atoms with Crippen molar-refractivity contribution < 1.29 is 0 Å². The van der Waals surface area contributed by atoms with Crippen LogP contribution in [0.1, 0.15) is 12.0 Å². The van der Waals surface area contributed by atoms with Gasteiger partial charge in [-0.1, -0.05) is 53.0 Å². The van der Waals surface area contributed by atoms with E-state index in [2.05, 4.69) is 15.6 Å². The van der Waals surface area contributed by atoms with Gasteiger partial charge in [0.2, 0.25) is 0 Å². The monoisotopic (exact) mass is 410 g/mol. The standard InChI is InChI=1S/C19H17Cl3N2S/c20-15-7-5-14(18(22)11-15)6-8-16(12-24-10-9-23-13-24)25-19-4-2-1-3-17(19)21/h1-5,7,9-11,13,16H,6,8,12H2. The first kappa shape index (κ1) is 18.7. The Kier molecular flexibility index (Phi) is 6.71. The zero-order valence-electron chi connectivity index (χ0n) is 13.4. The zero-order valence-corrected chi connectivity index (χ0v) is 16.5. The van der Waals surface area contributed by atoms with Crippen LogP contribution in [-0.2, 0) is 13.0 Å². The van der Waals surface area contributed by atoms with Gasteiger partial charge in [0.15, 0.2) is 0 Å². The molecule has 0 fully saturated rings. The molecular formula is C19H17Cl3N2S. The fourth-order valence-electron chi connectivity index (χ4n) is 2.58. The molecule has 1 atom stereocenters. The third-order valence-corrected chi connectivity index (χ3v) is 6.21.